The van der Waals surface area contributed by atoms with E-state index in [0.717, 1.165) is 29.6 Å². The highest BCUT2D eigenvalue weighted by Crippen LogP contribution is 2.66. The molecule has 0 amide bonds. The number of rotatable bonds is 1. The molecule has 0 aromatic heterocycles. The first-order chi connectivity index (χ1) is 10.1. The molecule has 3 saturated carbocycles. The molecule has 0 nitrogen and oxygen atoms in total. The van der Waals surface area contributed by atoms with Gasteiger partial charge in [0.25, 0.3) is 0 Å². The van der Waals surface area contributed by atoms with Crippen LogP contribution in [-0.4, -0.2) is 0 Å². The summed E-state index contributed by atoms with van der Waals surface area (Å²) in [7, 11) is 0. The van der Waals surface area contributed by atoms with Crippen LogP contribution in [0.5, 0.6) is 0 Å². The van der Waals surface area contributed by atoms with Gasteiger partial charge in [-0.05, 0) is 85.4 Å². The zero-order chi connectivity index (χ0) is 14.7. The lowest BCUT2D eigenvalue weighted by atomic mass is 9.44. The van der Waals surface area contributed by atoms with Crippen LogP contribution in [0.15, 0.2) is 12.2 Å². The van der Waals surface area contributed by atoms with Crippen molar-refractivity contribution >= 4 is 0 Å². The first-order valence-corrected chi connectivity index (χ1v) is 9.78. The van der Waals surface area contributed by atoms with Crippen LogP contribution in [0.25, 0.3) is 0 Å². The Kier molecular flexibility index (Phi) is 3.32. The quantitative estimate of drug-likeness (QED) is 0.502. The highest BCUT2D eigenvalue weighted by molar-refractivity contribution is 5.18. The summed E-state index contributed by atoms with van der Waals surface area (Å²) in [5.41, 5.74) is 1.30. The Balaban J connectivity index is 1.64. The zero-order valence-electron chi connectivity index (χ0n) is 14.4. The van der Waals surface area contributed by atoms with Crippen LogP contribution in [0, 0.1) is 40.4 Å². The van der Waals surface area contributed by atoms with E-state index in [4.69, 9.17) is 0 Å². The number of hydrogen-bond acceptors (Lipinski definition) is 0. The molecule has 0 bridgehead atoms. The normalized spacial score (nSPS) is 55.7. The third kappa shape index (κ3) is 1.86. The van der Waals surface area contributed by atoms with Crippen LogP contribution in [0.1, 0.15) is 78.6 Å². The van der Waals surface area contributed by atoms with Crippen LogP contribution >= 0.6 is 0 Å². The topological polar surface area (TPSA) is 0 Å². The summed E-state index contributed by atoms with van der Waals surface area (Å²) in [5.74, 6) is 4.87. The van der Waals surface area contributed by atoms with Crippen molar-refractivity contribution in [3.63, 3.8) is 0 Å². The standard InChI is InChI=1S/C21H34/c1-4-15-9-11-18-17-10-8-16-7-5-6-13-20(16,2)19(17)12-14-21(15,18)3/h9,11,15-19H,4-8,10,12-14H2,1-3H3/t15-,16?,17-,18-,19-,20-,21+/m0/s1. The summed E-state index contributed by atoms with van der Waals surface area (Å²) in [6, 6.07) is 0. The van der Waals surface area contributed by atoms with Crippen LogP contribution < -0.4 is 0 Å². The van der Waals surface area contributed by atoms with E-state index in [1.165, 1.54) is 57.8 Å². The molecule has 4 aliphatic rings. The molecule has 7 atom stereocenters. The molecular weight excluding hydrogens is 252 g/mol. The maximum Gasteiger partial charge on any atom is -0.0143 e. The van der Waals surface area contributed by atoms with Crippen LogP contribution in [0.3, 0.4) is 0 Å². The molecule has 21 heavy (non-hydrogen) atoms. The van der Waals surface area contributed by atoms with Crippen molar-refractivity contribution in [2.24, 2.45) is 40.4 Å². The van der Waals surface area contributed by atoms with E-state index in [2.05, 4.69) is 32.9 Å². The Labute approximate surface area is 131 Å². The summed E-state index contributed by atoms with van der Waals surface area (Å²) >= 11 is 0. The van der Waals surface area contributed by atoms with Crippen LogP contribution in [0.2, 0.25) is 0 Å². The number of hydrogen-bond donors (Lipinski definition) is 0. The van der Waals surface area contributed by atoms with Crippen molar-refractivity contribution in [1.29, 1.82) is 0 Å². The Morgan fingerprint density at radius 3 is 2.57 bits per heavy atom. The molecule has 0 aliphatic heterocycles. The van der Waals surface area contributed by atoms with Crippen LogP contribution in [0.4, 0.5) is 0 Å². The molecule has 0 heteroatoms. The molecule has 0 N–H and O–H groups in total. The fraction of sp³-hybridized carbons (Fsp3) is 0.905. The molecule has 0 aromatic rings. The van der Waals surface area contributed by atoms with E-state index in [9.17, 15) is 0 Å². The fourth-order valence-corrected chi connectivity index (χ4v) is 7.44. The van der Waals surface area contributed by atoms with Gasteiger partial charge < -0.3 is 0 Å². The van der Waals surface area contributed by atoms with E-state index >= 15 is 0 Å². The maximum atomic E-state index is 2.69. The summed E-state index contributed by atoms with van der Waals surface area (Å²) in [6.45, 7) is 7.71. The Bertz CT molecular complexity index is 435. The van der Waals surface area contributed by atoms with Gasteiger partial charge in [0.05, 0.1) is 0 Å². The van der Waals surface area contributed by atoms with Crippen molar-refractivity contribution in [2.45, 2.75) is 78.6 Å². The van der Waals surface area contributed by atoms with E-state index in [0.29, 0.717) is 10.8 Å². The predicted molar refractivity (Wildman–Crippen MR) is 90.0 cm³/mol. The molecule has 0 radical (unpaired) electrons. The molecule has 0 spiro atoms. The van der Waals surface area contributed by atoms with Gasteiger partial charge in [-0.3, -0.25) is 0 Å². The molecule has 0 saturated heterocycles. The van der Waals surface area contributed by atoms with Crippen molar-refractivity contribution in [1.82, 2.24) is 0 Å². The van der Waals surface area contributed by atoms with Gasteiger partial charge in [0, 0.05) is 0 Å². The smallest absolute Gasteiger partial charge is 0.0143 e. The Hall–Kier alpha value is -0.260. The summed E-state index contributed by atoms with van der Waals surface area (Å²) in [4.78, 5) is 0. The minimum Gasteiger partial charge on any atom is -0.0846 e. The van der Waals surface area contributed by atoms with Gasteiger partial charge >= 0.3 is 0 Å². The second kappa shape index (κ2) is 4.87. The lowest BCUT2D eigenvalue weighted by molar-refractivity contribution is -0.104. The average Bonchev–Trinajstić information content (AvgIpc) is 2.83. The van der Waals surface area contributed by atoms with E-state index in [1.54, 1.807) is 0 Å². The minimum absolute atomic E-state index is 0.605. The summed E-state index contributed by atoms with van der Waals surface area (Å²) in [5, 5.41) is 0. The van der Waals surface area contributed by atoms with Gasteiger partial charge in [-0.2, -0.15) is 0 Å². The highest BCUT2D eigenvalue weighted by Gasteiger charge is 2.57. The average molecular weight is 287 g/mol. The SMILES string of the molecule is CC[C@H]1C=C[C@H]2[C@@H]3CCC4CCCC[C@]4(C)[C@H]3CC[C@]12C. The predicted octanol–water partition coefficient (Wildman–Crippen LogP) is 6.22. The first kappa shape index (κ1) is 14.3. The van der Waals surface area contributed by atoms with Crippen molar-refractivity contribution in [2.75, 3.05) is 0 Å². The van der Waals surface area contributed by atoms with Crippen molar-refractivity contribution < 1.29 is 0 Å². The zero-order valence-corrected chi connectivity index (χ0v) is 14.4. The van der Waals surface area contributed by atoms with Gasteiger partial charge in [-0.15, -0.1) is 0 Å². The van der Waals surface area contributed by atoms with Gasteiger partial charge in [0.1, 0.15) is 0 Å². The van der Waals surface area contributed by atoms with Crippen molar-refractivity contribution in [3.8, 4) is 0 Å². The number of fused-ring (bicyclic) bond motifs is 5. The molecule has 4 aliphatic carbocycles. The maximum absolute atomic E-state index is 2.69. The van der Waals surface area contributed by atoms with Gasteiger partial charge in [0.2, 0.25) is 0 Å². The number of allylic oxidation sites excluding steroid dienone is 2. The van der Waals surface area contributed by atoms with E-state index < -0.39 is 0 Å². The van der Waals surface area contributed by atoms with E-state index in [1.807, 2.05) is 0 Å². The second-order valence-corrected chi connectivity index (χ2v) is 9.27. The fourth-order valence-electron chi connectivity index (χ4n) is 7.44. The molecule has 118 valence electrons. The van der Waals surface area contributed by atoms with E-state index in [-0.39, 0.29) is 0 Å². The Morgan fingerprint density at radius 2 is 1.76 bits per heavy atom. The van der Waals surface area contributed by atoms with Crippen molar-refractivity contribution in [3.05, 3.63) is 12.2 Å². The molecule has 3 fully saturated rings. The lowest BCUT2D eigenvalue weighted by Crippen LogP contribution is -2.52. The van der Waals surface area contributed by atoms with Gasteiger partial charge in [0.15, 0.2) is 0 Å². The monoisotopic (exact) mass is 286 g/mol. The molecule has 0 heterocycles. The van der Waals surface area contributed by atoms with Gasteiger partial charge in [-0.25, -0.2) is 0 Å². The largest absolute Gasteiger partial charge is 0.0846 e. The lowest BCUT2D eigenvalue weighted by Gasteiger charge is -2.60. The molecule has 4 rings (SSSR count). The second-order valence-electron chi connectivity index (χ2n) is 9.27. The minimum atomic E-state index is 0.605. The molecular formula is C21H34. The highest BCUT2D eigenvalue weighted by atomic mass is 14.6. The molecule has 1 unspecified atom stereocenters. The van der Waals surface area contributed by atoms with Crippen LogP contribution in [-0.2, 0) is 0 Å². The Morgan fingerprint density at radius 1 is 0.905 bits per heavy atom. The summed E-state index contributed by atoms with van der Waals surface area (Å²) < 4.78 is 0. The third-order valence-corrected chi connectivity index (χ3v) is 8.72. The first-order valence-electron chi connectivity index (χ1n) is 9.78. The third-order valence-electron chi connectivity index (χ3n) is 8.72. The van der Waals surface area contributed by atoms with Gasteiger partial charge in [-0.1, -0.05) is 45.8 Å². The summed E-state index contributed by atoms with van der Waals surface area (Å²) in [6.07, 6.45) is 18.8. The molecule has 0 aromatic carbocycles.